The van der Waals surface area contributed by atoms with Gasteiger partial charge in [0.1, 0.15) is 11.6 Å². The van der Waals surface area contributed by atoms with Crippen molar-refractivity contribution < 1.29 is 4.74 Å². The number of pyridine rings is 2. The third-order valence-electron chi connectivity index (χ3n) is 8.50. The maximum atomic E-state index is 5.61. The molecule has 0 unspecified atom stereocenters. The first-order valence-corrected chi connectivity index (χ1v) is 14.5. The van der Waals surface area contributed by atoms with Crippen LogP contribution in [0.1, 0.15) is 11.6 Å². The monoisotopic (exact) mass is 547 g/mol. The van der Waals surface area contributed by atoms with E-state index in [9.17, 15) is 0 Å². The van der Waals surface area contributed by atoms with Gasteiger partial charge in [0.2, 0.25) is 0 Å². The Labute approximate surface area is 238 Å². The minimum Gasteiger partial charge on any atom is -0.378 e. The topological polar surface area (TPSA) is 87.0 Å². The maximum Gasteiger partial charge on any atom is 0.182 e. The van der Waals surface area contributed by atoms with E-state index in [4.69, 9.17) is 24.7 Å². The van der Waals surface area contributed by atoms with Gasteiger partial charge < -0.3 is 24.8 Å². The number of piperazine rings is 1. The number of hydrogen-bond donors (Lipinski definition) is 1. The Bertz CT molecular complexity index is 1680. The summed E-state index contributed by atoms with van der Waals surface area (Å²) in [4.78, 5) is 26.8. The number of hydrogen-bond acceptors (Lipinski definition) is 9. The molecule has 0 amide bonds. The molecule has 3 aliphatic rings. The third kappa shape index (κ3) is 4.53. The zero-order valence-electron chi connectivity index (χ0n) is 23.0. The lowest BCUT2D eigenvalue weighted by Crippen LogP contribution is -2.45. The van der Waals surface area contributed by atoms with Gasteiger partial charge in [-0.2, -0.15) is 0 Å². The summed E-state index contributed by atoms with van der Waals surface area (Å²) in [6.45, 7) is 8.74. The molecule has 0 atom stereocenters. The van der Waals surface area contributed by atoms with Gasteiger partial charge in [-0.15, -0.1) is 0 Å². The number of nitrogens with zero attached hydrogens (tertiary/aromatic N) is 8. The summed E-state index contributed by atoms with van der Waals surface area (Å²) in [5.41, 5.74) is 5.09. The number of rotatable bonds is 5. The predicted molar refractivity (Wildman–Crippen MR) is 161 cm³/mol. The van der Waals surface area contributed by atoms with E-state index < -0.39 is 0 Å². The molecule has 10 nitrogen and oxygen atoms in total. The number of aromatic nitrogens is 5. The molecule has 10 heteroatoms. The van der Waals surface area contributed by atoms with Gasteiger partial charge >= 0.3 is 0 Å². The molecule has 41 heavy (non-hydrogen) atoms. The molecule has 8 rings (SSSR count). The van der Waals surface area contributed by atoms with Crippen molar-refractivity contribution in [3.63, 3.8) is 0 Å². The molecule has 0 aliphatic carbocycles. The van der Waals surface area contributed by atoms with Crippen LogP contribution in [-0.4, -0.2) is 89.9 Å². The normalized spacial score (nSPS) is 18.3. The van der Waals surface area contributed by atoms with Gasteiger partial charge in [-0.1, -0.05) is 24.3 Å². The second-order valence-corrected chi connectivity index (χ2v) is 11.0. The van der Waals surface area contributed by atoms with E-state index in [0.717, 1.165) is 97.9 Å². The highest BCUT2D eigenvalue weighted by Gasteiger charge is 2.32. The van der Waals surface area contributed by atoms with Crippen molar-refractivity contribution in [3.05, 3.63) is 72.8 Å². The molecule has 7 heterocycles. The van der Waals surface area contributed by atoms with Crippen molar-refractivity contribution in [1.82, 2.24) is 29.7 Å². The number of fused-ring (bicyclic) bond motifs is 2. The fourth-order valence-electron chi connectivity index (χ4n) is 6.10. The smallest absolute Gasteiger partial charge is 0.182 e. The van der Waals surface area contributed by atoms with Gasteiger partial charge in [-0.25, -0.2) is 15.0 Å². The van der Waals surface area contributed by atoms with E-state index in [1.54, 1.807) is 0 Å². The summed E-state index contributed by atoms with van der Waals surface area (Å²) < 4.78 is 7.80. The first kappa shape index (κ1) is 24.5. The highest BCUT2D eigenvalue weighted by molar-refractivity contribution is 5.78. The second-order valence-electron chi connectivity index (χ2n) is 11.0. The number of morpholine rings is 1. The molecule has 0 spiro atoms. The molecular weight excluding hydrogens is 514 g/mol. The molecule has 3 fully saturated rings. The number of nitrogens with one attached hydrogen (secondary N) is 1. The van der Waals surface area contributed by atoms with Gasteiger partial charge in [0.05, 0.1) is 36.8 Å². The molecule has 1 aromatic carbocycles. The molecule has 0 saturated carbocycles. The molecule has 3 saturated heterocycles. The van der Waals surface area contributed by atoms with Gasteiger partial charge in [-0.05, 0) is 24.3 Å². The van der Waals surface area contributed by atoms with Crippen molar-refractivity contribution >= 4 is 34.0 Å². The minimum absolute atomic E-state index is 0.391. The highest BCUT2D eigenvalue weighted by Crippen LogP contribution is 2.34. The zero-order chi connectivity index (χ0) is 27.2. The van der Waals surface area contributed by atoms with Crippen LogP contribution in [0.25, 0.3) is 27.8 Å². The molecular formula is C31H33N9O. The summed E-state index contributed by atoms with van der Waals surface area (Å²) in [6, 6.07) is 16.9. The Balaban J connectivity index is 1.11. The van der Waals surface area contributed by atoms with Crippen molar-refractivity contribution in [1.29, 1.82) is 0 Å². The fraction of sp³-hybridized carbons (Fsp3) is 0.355. The summed E-state index contributed by atoms with van der Waals surface area (Å²) >= 11 is 0. The molecule has 1 N–H and O–H groups in total. The van der Waals surface area contributed by atoms with E-state index in [1.165, 1.54) is 5.39 Å². The van der Waals surface area contributed by atoms with Crippen LogP contribution in [0, 0.1) is 0 Å². The van der Waals surface area contributed by atoms with E-state index in [0.29, 0.717) is 19.1 Å². The summed E-state index contributed by atoms with van der Waals surface area (Å²) in [6.07, 6.45) is 6.08. The number of ether oxygens (including phenoxy) is 1. The lowest BCUT2D eigenvalue weighted by molar-refractivity contribution is 0.122. The Morgan fingerprint density at radius 2 is 1.61 bits per heavy atom. The van der Waals surface area contributed by atoms with Crippen molar-refractivity contribution in [2.45, 2.75) is 5.92 Å². The molecule has 0 radical (unpaired) electrons. The first-order valence-electron chi connectivity index (χ1n) is 14.5. The van der Waals surface area contributed by atoms with E-state index >= 15 is 0 Å². The number of imidazole rings is 1. The van der Waals surface area contributed by atoms with Crippen LogP contribution in [0.3, 0.4) is 0 Å². The van der Waals surface area contributed by atoms with E-state index in [1.807, 2.05) is 12.4 Å². The van der Waals surface area contributed by atoms with E-state index in [2.05, 4.69) is 79.1 Å². The SMILES string of the molecule is c1ccc2nc(C3CN(c4cn5c(-c6ccc(N7CCNCC7)nc6)cnc(N6CCOCC6)c5n4)C3)ccc2c1. The van der Waals surface area contributed by atoms with E-state index in [-0.39, 0.29) is 0 Å². The molecule has 5 aromatic rings. The average Bonchev–Trinajstić information content (AvgIpc) is 3.46. The minimum atomic E-state index is 0.391. The van der Waals surface area contributed by atoms with Crippen molar-refractivity contribution in [3.8, 4) is 11.3 Å². The lowest BCUT2D eigenvalue weighted by atomic mass is 9.95. The van der Waals surface area contributed by atoms with Crippen LogP contribution in [0.2, 0.25) is 0 Å². The average molecular weight is 548 g/mol. The molecule has 208 valence electrons. The second kappa shape index (κ2) is 10.3. The van der Waals surface area contributed by atoms with Crippen molar-refractivity contribution in [2.75, 3.05) is 80.3 Å². The summed E-state index contributed by atoms with van der Waals surface area (Å²) in [5, 5.41) is 4.59. The van der Waals surface area contributed by atoms with Crippen LogP contribution in [0.4, 0.5) is 17.5 Å². The van der Waals surface area contributed by atoms with Gasteiger partial charge in [0.15, 0.2) is 11.5 Å². The van der Waals surface area contributed by atoms with Gasteiger partial charge in [0.25, 0.3) is 0 Å². The largest absolute Gasteiger partial charge is 0.378 e. The third-order valence-corrected chi connectivity index (χ3v) is 8.50. The lowest BCUT2D eigenvalue weighted by Gasteiger charge is -2.39. The first-order chi connectivity index (χ1) is 20.3. The number of benzene rings is 1. The summed E-state index contributed by atoms with van der Waals surface area (Å²) in [7, 11) is 0. The number of para-hydroxylation sites is 1. The predicted octanol–water partition coefficient (Wildman–Crippen LogP) is 3.19. The van der Waals surface area contributed by atoms with Gasteiger partial charge in [0, 0.05) is 81.1 Å². The summed E-state index contributed by atoms with van der Waals surface area (Å²) in [5.74, 6) is 3.28. The molecule has 0 bridgehead atoms. The van der Waals surface area contributed by atoms with Crippen LogP contribution < -0.4 is 20.0 Å². The van der Waals surface area contributed by atoms with Gasteiger partial charge in [-0.3, -0.25) is 9.38 Å². The van der Waals surface area contributed by atoms with Crippen LogP contribution >= 0.6 is 0 Å². The van der Waals surface area contributed by atoms with Crippen LogP contribution in [0.15, 0.2) is 67.1 Å². The Morgan fingerprint density at radius 1 is 0.756 bits per heavy atom. The fourth-order valence-corrected chi connectivity index (χ4v) is 6.10. The molecule has 4 aromatic heterocycles. The highest BCUT2D eigenvalue weighted by atomic mass is 16.5. The Morgan fingerprint density at radius 3 is 2.44 bits per heavy atom. The number of anilines is 3. The van der Waals surface area contributed by atoms with Crippen LogP contribution in [-0.2, 0) is 4.74 Å². The Kier molecular flexibility index (Phi) is 6.15. The maximum absolute atomic E-state index is 5.61. The van der Waals surface area contributed by atoms with Crippen LogP contribution in [0.5, 0.6) is 0 Å². The molecule has 3 aliphatic heterocycles. The quantitative estimate of drug-likeness (QED) is 0.357. The standard InChI is InChI=1S/C31H33N9O/c1-2-4-25-22(3-1)5-7-26(35-25)24-19-39(20-24)29-21-40-27(18-34-30(31(40)36-29)38-13-15-41-16-14-38)23-6-8-28(33-17-23)37-11-9-32-10-12-37/h1-8,17-18,21,24,32H,9-16,19-20H2. The van der Waals surface area contributed by atoms with Crippen molar-refractivity contribution in [2.24, 2.45) is 0 Å². The zero-order valence-corrected chi connectivity index (χ0v) is 23.0. The Hall–Kier alpha value is -4.28.